The largest absolute Gasteiger partial charge is 0.370 e. The monoisotopic (exact) mass is 443 g/mol. The van der Waals surface area contributed by atoms with E-state index < -0.39 is 0 Å². The Balaban J connectivity index is 2.20. The molecule has 33 heavy (non-hydrogen) atoms. The maximum Gasteiger partial charge on any atom is 0.0848 e. The minimum atomic E-state index is 0.320. The highest BCUT2D eigenvalue weighted by Gasteiger charge is 2.36. The summed E-state index contributed by atoms with van der Waals surface area (Å²) in [5, 5.41) is 0. The Morgan fingerprint density at radius 2 is 1.18 bits per heavy atom. The van der Waals surface area contributed by atoms with Crippen LogP contribution in [0.1, 0.15) is 64.2 Å². The molecular weight excluding hydrogens is 402 g/mol. The SMILES string of the molecule is CCN(CC)c1c2c(c(C3C=CC=C3)c(N(CC)CC)c1N(CC)CC)-c1ccccc1C2. The van der Waals surface area contributed by atoms with Crippen LogP contribution in [0.25, 0.3) is 11.1 Å². The van der Waals surface area contributed by atoms with Crippen molar-refractivity contribution in [1.29, 1.82) is 0 Å². The fourth-order valence-electron chi connectivity index (χ4n) is 5.90. The summed E-state index contributed by atoms with van der Waals surface area (Å²) in [7, 11) is 0. The topological polar surface area (TPSA) is 9.72 Å². The Labute approximate surface area is 201 Å². The first-order chi connectivity index (χ1) is 16.1. The maximum atomic E-state index is 2.61. The molecule has 0 aliphatic heterocycles. The zero-order chi connectivity index (χ0) is 23.5. The highest BCUT2D eigenvalue weighted by molar-refractivity contribution is 6.00. The average molecular weight is 444 g/mol. The third kappa shape index (κ3) is 3.86. The fourth-order valence-corrected chi connectivity index (χ4v) is 5.90. The van der Waals surface area contributed by atoms with Gasteiger partial charge in [0.1, 0.15) is 0 Å². The van der Waals surface area contributed by atoms with Crippen LogP contribution in [0, 0.1) is 0 Å². The van der Waals surface area contributed by atoms with E-state index in [9.17, 15) is 0 Å². The van der Waals surface area contributed by atoms with Crippen LogP contribution >= 0.6 is 0 Å². The van der Waals surface area contributed by atoms with Crippen molar-refractivity contribution in [1.82, 2.24) is 0 Å². The number of rotatable bonds is 10. The molecule has 2 aliphatic carbocycles. The van der Waals surface area contributed by atoms with Crippen LogP contribution in [0.5, 0.6) is 0 Å². The lowest BCUT2D eigenvalue weighted by atomic mass is 9.86. The molecule has 0 saturated heterocycles. The number of benzene rings is 2. The molecule has 3 heteroatoms. The lowest BCUT2D eigenvalue weighted by Crippen LogP contribution is -2.33. The maximum absolute atomic E-state index is 2.61. The van der Waals surface area contributed by atoms with Crippen LogP contribution in [-0.4, -0.2) is 39.3 Å². The van der Waals surface area contributed by atoms with Crippen LogP contribution in [0.15, 0.2) is 48.6 Å². The summed E-state index contributed by atoms with van der Waals surface area (Å²) in [5.41, 5.74) is 11.8. The molecular formula is C30H41N3. The fraction of sp³-hybridized carbons (Fsp3) is 0.467. The zero-order valence-electron chi connectivity index (χ0n) is 21.5. The van der Waals surface area contributed by atoms with Crippen molar-refractivity contribution in [2.24, 2.45) is 0 Å². The minimum absolute atomic E-state index is 0.320. The summed E-state index contributed by atoms with van der Waals surface area (Å²) in [5.74, 6) is 0.320. The summed E-state index contributed by atoms with van der Waals surface area (Å²) in [6, 6.07) is 9.10. The molecule has 0 N–H and O–H groups in total. The number of fused-ring (bicyclic) bond motifs is 3. The molecule has 4 rings (SSSR count). The van der Waals surface area contributed by atoms with Crippen molar-refractivity contribution in [2.75, 3.05) is 54.0 Å². The summed E-state index contributed by atoms with van der Waals surface area (Å²) in [4.78, 5) is 7.82. The van der Waals surface area contributed by atoms with Gasteiger partial charge < -0.3 is 14.7 Å². The lowest BCUT2D eigenvalue weighted by molar-refractivity contribution is 0.805. The number of anilines is 3. The third-order valence-electron chi connectivity index (χ3n) is 7.53. The van der Waals surface area contributed by atoms with Gasteiger partial charge in [-0.1, -0.05) is 48.6 Å². The lowest BCUT2D eigenvalue weighted by Gasteiger charge is -2.39. The molecule has 0 spiro atoms. The molecule has 3 nitrogen and oxygen atoms in total. The molecule has 0 aromatic heterocycles. The van der Waals surface area contributed by atoms with Gasteiger partial charge in [0.05, 0.1) is 17.1 Å². The molecule has 0 amide bonds. The average Bonchev–Trinajstić information content (AvgIpc) is 3.51. The Morgan fingerprint density at radius 3 is 1.76 bits per heavy atom. The molecule has 0 fully saturated rings. The molecule has 2 aromatic rings. The van der Waals surface area contributed by atoms with Crippen LogP contribution in [0.4, 0.5) is 17.1 Å². The standard InChI is InChI=1S/C30H41N3/c1-7-31(8-2)28-25-21-23-19-15-16-20-24(23)27(25)26(22-17-13-14-18-22)29(32(9-3)10-4)30(28)33(11-5)12-6/h13-20,22H,7-12,21H2,1-6H3. The second-order valence-electron chi connectivity index (χ2n) is 8.96. The molecule has 0 saturated carbocycles. The van der Waals surface area contributed by atoms with E-state index in [-0.39, 0.29) is 0 Å². The molecule has 0 unspecified atom stereocenters. The summed E-state index contributed by atoms with van der Waals surface area (Å²) in [6.45, 7) is 19.9. The van der Waals surface area contributed by atoms with Gasteiger partial charge in [0, 0.05) is 51.6 Å². The van der Waals surface area contributed by atoms with Gasteiger partial charge in [-0.25, -0.2) is 0 Å². The van der Waals surface area contributed by atoms with Crippen molar-refractivity contribution in [2.45, 2.75) is 53.9 Å². The second-order valence-corrected chi connectivity index (χ2v) is 8.96. The van der Waals surface area contributed by atoms with Crippen molar-refractivity contribution in [3.63, 3.8) is 0 Å². The number of allylic oxidation sites excluding steroid dienone is 4. The van der Waals surface area contributed by atoms with E-state index in [1.807, 2.05) is 0 Å². The molecule has 2 aliphatic rings. The van der Waals surface area contributed by atoms with Gasteiger partial charge in [-0.2, -0.15) is 0 Å². The summed E-state index contributed by atoms with van der Waals surface area (Å²) in [6.07, 6.45) is 10.2. The molecule has 0 radical (unpaired) electrons. The van der Waals surface area contributed by atoms with Gasteiger partial charge in [-0.05, 0) is 69.4 Å². The smallest absolute Gasteiger partial charge is 0.0848 e. The normalized spacial score (nSPS) is 14.0. The number of nitrogens with zero attached hydrogens (tertiary/aromatic N) is 3. The van der Waals surface area contributed by atoms with Crippen molar-refractivity contribution in [3.05, 3.63) is 65.3 Å². The first-order valence-electron chi connectivity index (χ1n) is 13.1. The van der Waals surface area contributed by atoms with Gasteiger partial charge in [-0.3, -0.25) is 0 Å². The van der Waals surface area contributed by atoms with Gasteiger partial charge >= 0.3 is 0 Å². The van der Waals surface area contributed by atoms with Crippen LogP contribution in [0.2, 0.25) is 0 Å². The molecule has 0 atom stereocenters. The molecule has 0 heterocycles. The van der Waals surface area contributed by atoms with Crippen LogP contribution < -0.4 is 14.7 Å². The third-order valence-corrected chi connectivity index (χ3v) is 7.53. The minimum Gasteiger partial charge on any atom is -0.370 e. The summed E-state index contributed by atoms with van der Waals surface area (Å²) >= 11 is 0. The van der Waals surface area contributed by atoms with Crippen molar-refractivity contribution in [3.8, 4) is 11.1 Å². The van der Waals surface area contributed by atoms with Gasteiger partial charge in [0.2, 0.25) is 0 Å². The van der Waals surface area contributed by atoms with Crippen LogP contribution in [-0.2, 0) is 6.42 Å². The van der Waals surface area contributed by atoms with E-state index in [0.717, 1.165) is 45.7 Å². The first kappa shape index (κ1) is 23.5. The predicted molar refractivity (Wildman–Crippen MR) is 146 cm³/mol. The molecule has 0 bridgehead atoms. The molecule has 2 aromatic carbocycles. The first-order valence-corrected chi connectivity index (χ1v) is 13.1. The van der Waals surface area contributed by atoms with Crippen LogP contribution in [0.3, 0.4) is 0 Å². The number of hydrogen-bond acceptors (Lipinski definition) is 3. The van der Waals surface area contributed by atoms with E-state index in [2.05, 4.69) is 105 Å². The highest BCUT2D eigenvalue weighted by Crippen LogP contribution is 2.56. The summed E-state index contributed by atoms with van der Waals surface area (Å²) < 4.78 is 0. The quantitative estimate of drug-likeness (QED) is 0.334. The van der Waals surface area contributed by atoms with E-state index >= 15 is 0 Å². The number of hydrogen-bond donors (Lipinski definition) is 0. The van der Waals surface area contributed by atoms with Gasteiger partial charge in [0.15, 0.2) is 0 Å². The van der Waals surface area contributed by atoms with Gasteiger partial charge in [0.25, 0.3) is 0 Å². The Kier molecular flexibility index (Phi) is 7.17. The van der Waals surface area contributed by atoms with Crippen molar-refractivity contribution >= 4 is 17.1 Å². The molecule has 176 valence electrons. The predicted octanol–water partition coefficient (Wildman–Crippen LogP) is 7.01. The van der Waals surface area contributed by atoms with Crippen molar-refractivity contribution < 1.29 is 0 Å². The zero-order valence-corrected chi connectivity index (χ0v) is 21.5. The van der Waals surface area contributed by atoms with E-state index in [1.54, 1.807) is 0 Å². The highest BCUT2D eigenvalue weighted by atomic mass is 15.2. The Morgan fingerprint density at radius 1 is 0.667 bits per heavy atom. The Hall–Kier alpha value is -2.68. The van der Waals surface area contributed by atoms with E-state index in [1.165, 1.54) is 44.9 Å². The van der Waals surface area contributed by atoms with E-state index in [0.29, 0.717) is 5.92 Å². The second kappa shape index (κ2) is 10.1. The Bertz CT molecular complexity index is 1020. The van der Waals surface area contributed by atoms with Gasteiger partial charge in [-0.15, -0.1) is 0 Å². The van der Waals surface area contributed by atoms with E-state index in [4.69, 9.17) is 0 Å².